The molecule has 1 spiro atoms. The molecule has 3 aliphatic heterocycles. The van der Waals surface area contributed by atoms with Gasteiger partial charge in [-0.15, -0.1) is 5.10 Å². The molecule has 5 heterocycles. The number of esters is 1. The highest BCUT2D eigenvalue weighted by Crippen LogP contribution is 2.42. The van der Waals surface area contributed by atoms with Crippen molar-refractivity contribution in [1.29, 1.82) is 0 Å². The number of cyclic esters (lactones) is 1. The second-order valence-electron chi connectivity index (χ2n) is 9.55. The normalized spacial score (nSPS) is 22.2. The topological polar surface area (TPSA) is 110 Å². The molecule has 3 aliphatic rings. The number of tetrazole rings is 1. The molecule has 1 atom stereocenters. The summed E-state index contributed by atoms with van der Waals surface area (Å²) in [5.41, 5.74) is 3.85. The number of nitrogens with zero attached hydrogens (tertiary/aromatic N) is 7. The molecule has 10 nitrogen and oxygen atoms in total. The third-order valence-corrected chi connectivity index (χ3v) is 7.69. The molecule has 0 bridgehead atoms. The van der Waals surface area contributed by atoms with Gasteiger partial charge in [-0.3, -0.25) is 0 Å². The van der Waals surface area contributed by atoms with Crippen LogP contribution in [0.25, 0.3) is 5.82 Å². The van der Waals surface area contributed by atoms with E-state index in [0.717, 1.165) is 74.4 Å². The van der Waals surface area contributed by atoms with Gasteiger partial charge in [-0.05, 0) is 74.5 Å². The number of aliphatic hydroxyl groups is 1. The molecule has 176 valence electrons. The number of hydrogen-bond acceptors (Lipinski definition) is 9. The maximum absolute atomic E-state index is 11.7. The molecular formula is C23H31N7O3. The van der Waals surface area contributed by atoms with E-state index >= 15 is 0 Å². The fraction of sp³-hybridized carbons (Fsp3) is 0.609. The summed E-state index contributed by atoms with van der Waals surface area (Å²) < 4.78 is 6.70. The standard InChI is InChI=1S/C23H31N7O3/c1-16-19(14-33-22(16)32)29-11-7-23(8-12-29)5-9-28(10-6-23)13-20(31)18-3-4-21(25-17(18)2)30-15-24-26-27-30/h3-4,15,20,31H,5-14H2,1-2H3/t20-/m1/s1. The SMILES string of the molecule is CC1=C(N2CCC3(CCN(C[C@@H](O)c4ccc(-n5cnnn5)nc4C)CC3)CC2)COC1=O. The molecule has 1 N–H and O–H groups in total. The van der Waals surface area contributed by atoms with E-state index in [1.165, 1.54) is 11.0 Å². The predicted molar refractivity (Wildman–Crippen MR) is 119 cm³/mol. The number of aromatic nitrogens is 5. The lowest BCUT2D eigenvalue weighted by atomic mass is 9.71. The zero-order valence-corrected chi connectivity index (χ0v) is 19.3. The molecule has 0 saturated carbocycles. The Morgan fingerprint density at radius 1 is 1.12 bits per heavy atom. The number of pyridine rings is 1. The molecule has 0 amide bonds. The van der Waals surface area contributed by atoms with Crippen molar-refractivity contribution in [3.63, 3.8) is 0 Å². The van der Waals surface area contributed by atoms with E-state index < -0.39 is 6.10 Å². The minimum absolute atomic E-state index is 0.173. The van der Waals surface area contributed by atoms with Gasteiger partial charge in [-0.25, -0.2) is 9.78 Å². The quantitative estimate of drug-likeness (QED) is 0.672. The van der Waals surface area contributed by atoms with E-state index in [-0.39, 0.29) is 5.97 Å². The third-order valence-electron chi connectivity index (χ3n) is 7.69. The molecular weight excluding hydrogens is 422 g/mol. The molecule has 5 rings (SSSR count). The monoisotopic (exact) mass is 453 g/mol. The summed E-state index contributed by atoms with van der Waals surface area (Å²) in [6.07, 6.45) is 5.52. The molecule has 0 aromatic carbocycles. The highest BCUT2D eigenvalue weighted by Gasteiger charge is 2.39. The van der Waals surface area contributed by atoms with Crippen LogP contribution < -0.4 is 0 Å². The van der Waals surface area contributed by atoms with Crippen molar-refractivity contribution < 1.29 is 14.6 Å². The van der Waals surface area contributed by atoms with Crippen LogP contribution in [0.5, 0.6) is 0 Å². The van der Waals surface area contributed by atoms with Gasteiger partial charge in [-0.2, -0.15) is 4.68 Å². The smallest absolute Gasteiger partial charge is 0.335 e. The van der Waals surface area contributed by atoms with Crippen molar-refractivity contribution in [3.8, 4) is 5.82 Å². The number of β-amino-alcohol motifs (C(OH)–C–C–N with tert-alkyl or cyclic N) is 1. The van der Waals surface area contributed by atoms with Crippen LogP contribution >= 0.6 is 0 Å². The summed E-state index contributed by atoms with van der Waals surface area (Å²) in [5, 5.41) is 22.0. The molecule has 0 aliphatic carbocycles. The molecule has 0 radical (unpaired) electrons. The average Bonchev–Trinajstić information content (AvgIpc) is 3.47. The van der Waals surface area contributed by atoms with E-state index in [4.69, 9.17) is 4.74 Å². The Bertz CT molecular complexity index is 1030. The van der Waals surface area contributed by atoms with E-state index in [1.54, 1.807) is 0 Å². The van der Waals surface area contributed by atoms with Crippen LogP contribution in [-0.4, -0.2) is 85.4 Å². The van der Waals surface area contributed by atoms with Crippen molar-refractivity contribution in [3.05, 3.63) is 41.0 Å². The van der Waals surface area contributed by atoms with Crippen molar-refractivity contribution in [2.24, 2.45) is 5.41 Å². The van der Waals surface area contributed by atoms with Gasteiger partial charge in [0.1, 0.15) is 12.9 Å². The lowest BCUT2D eigenvalue weighted by Crippen LogP contribution is -2.47. The number of likely N-dealkylation sites (tertiary alicyclic amines) is 2. The van der Waals surface area contributed by atoms with Crippen molar-refractivity contribution in [2.45, 2.75) is 45.6 Å². The number of piperidine rings is 2. The fourth-order valence-electron chi connectivity index (χ4n) is 5.41. The summed E-state index contributed by atoms with van der Waals surface area (Å²) in [6, 6.07) is 3.75. The van der Waals surface area contributed by atoms with Crippen LogP contribution in [0.15, 0.2) is 29.7 Å². The Balaban J connectivity index is 1.14. The first-order chi connectivity index (χ1) is 15.9. The number of aryl methyl sites for hydroxylation is 1. The largest absolute Gasteiger partial charge is 0.456 e. The lowest BCUT2D eigenvalue weighted by Gasteiger charge is -2.47. The van der Waals surface area contributed by atoms with Gasteiger partial charge in [0.05, 0.1) is 17.4 Å². The van der Waals surface area contributed by atoms with Crippen LogP contribution in [0.3, 0.4) is 0 Å². The van der Waals surface area contributed by atoms with Gasteiger partial charge >= 0.3 is 5.97 Å². The number of carbonyl (C=O) groups excluding carboxylic acids is 1. The molecule has 2 aromatic heterocycles. The van der Waals surface area contributed by atoms with Crippen LogP contribution in [-0.2, 0) is 9.53 Å². The molecule has 2 saturated heterocycles. The number of aliphatic hydroxyl groups excluding tert-OH is 1. The molecule has 2 fully saturated rings. The molecule has 0 unspecified atom stereocenters. The minimum Gasteiger partial charge on any atom is -0.456 e. The number of carbonyl (C=O) groups is 1. The zero-order chi connectivity index (χ0) is 23.0. The number of rotatable bonds is 5. The Hall–Kier alpha value is -2.85. The van der Waals surface area contributed by atoms with Gasteiger partial charge in [0.2, 0.25) is 0 Å². The maximum atomic E-state index is 11.7. The van der Waals surface area contributed by atoms with Crippen LogP contribution in [0.2, 0.25) is 0 Å². The third kappa shape index (κ3) is 4.37. The Kier molecular flexibility index (Phi) is 5.88. The summed E-state index contributed by atoms with van der Waals surface area (Å²) >= 11 is 0. The van der Waals surface area contributed by atoms with Gasteiger partial charge < -0.3 is 19.6 Å². The second-order valence-corrected chi connectivity index (χ2v) is 9.55. The van der Waals surface area contributed by atoms with Gasteiger partial charge in [0.25, 0.3) is 0 Å². The predicted octanol–water partition coefficient (Wildman–Crippen LogP) is 1.41. The summed E-state index contributed by atoms with van der Waals surface area (Å²) in [5.74, 6) is 0.465. The van der Waals surface area contributed by atoms with Crippen molar-refractivity contribution >= 4 is 5.97 Å². The highest BCUT2D eigenvalue weighted by atomic mass is 16.5. The van der Waals surface area contributed by atoms with Gasteiger partial charge in [-0.1, -0.05) is 6.07 Å². The summed E-state index contributed by atoms with van der Waals surface area (Å²) in [4.78, 5) is 21.0. The average molecular weight is 454 g/mol. The first-order valence-corrected chi connectivity index (χ1v) is 11.7. The maximum Gasteiger partial charge on any atom is 0.335 e. The first-order valence-electron chi connectivity index (χ1n) is 11.7. The van der Waals surface area contributed by atoms with Gasteiger partial charge in [0, 0.05) is 30.9 Å². The summed E-state index contributed by atoms with van der Waals surface area (Å²) in [6.45, 7) is 8.79. The second kappa shape index (κ2) is 8.83. The van der Waals surface area contributed by atoms with Gasteiger partial charge in [0.15, 0.2) is 5.82 Å². The first kappa shape index (κ1) is 22.0. The fourth-order valence-corrected chi connectivity index (χ4v) is 5.41. The zero-order valence-electron chi connectivity index (χ0n) is 19.3. The van der Waals surface area contributed by atoms with Crippen molar-refractivity contribution in [1.82, 2.24) is 35.0 Å². The van der Waals surface area contributed by atoms with E-state index in [2.05, 4.69) is 30.3 Å². The van der Waals surface area contributed by atoms with E-state index in [1.807, 2.05) is 26.0 Å². The van der Waals surface area contributed by atoms with Crippen molar-refractivity contribution in [2.75, 3.05) is 39.3 Å². The van der Waals surface area contributed by atoms with E-state index in [0.29, 0.717) is 24.4 Å². The summed E-state index contributed by atoms with van der Waals surface area (Å²) in [7, 11) is 0. The molecule has 33 heavy (non-hydrogen) atoms. The Morgan fingerprint density at radius 3 is 2.45 bits per heavy atom. The Labute approximate surface area is 193 Å². The number of ether oxygens (including phenoxy) is 1. The molecule has 2 aromatic rings. The number of hydrogen-bond donors (Lipinski definition) is 1. The molecule has 10 heteroatoms. The van der Waals surface area contributed by atoms with Crippen LogP contribution in [0.4, 0.5) is 0 Å². The highest BCUT2D eigenvalue weighted by molar-refractivity contribution is 5.90. The lowest BCUT2D eigenvalue weighted by molar-refractivity contribution is -0.136. The minimum atomic E-state index is -0.578. The van der Waals surface area contributed by atoms with E-state index in [9.17, 15) is 9.90 Å². The van der Waals surface area contributed by atoms with Crippen LogP contribution in [0, 0.1) is 12.3 Å². The Morgan fingerprint density at radius 2 is 1.85 bits per heavy atom. The van der Waals surface area contributed by atoms with Crippen LogP contribution in [0.1, 0.15) is 50.0 Å².